The molecule has 0 spiro atoms. The van der Waals surface area contributed by atoms with Crippen LogP contribution in [0, 0.1) is 6.92 Å². The van der Waals surface area contributed by atoms with Gasteiger partial charge in [-0.05, 0) is 31.5 Å². The first-order chi connectivity index (χ1) is 14.4. The number of halogens is 1. The summed E-state index contributed by atoms with van der Waals surface area (Å²) in [6.45, 7) is 6.54. The molecular formula is C20H30IN5O4S. The molecule has 1 aliphatic heterocycles. The fourth-order valence-corrected chi connectivity index (χ4v) is 4.72. The number of nitrogens with one attached hydrogen (secondary N) is 1. The van der Waals surface area contributed by atoms with Crippen molar-refractivity contribution in [3.05, 3.63) is 47.9 Å². The smallest absolute Gasteiger partial charge is 0.220 e. The van der Waals surface area contributed by atoms with E-state index in [0.717, 1.165) is 17.3 Å². The maximum Gasteiger partial charge on any atom is 0.220 e. The Morgan fingerprint density at radius 3 is 2.65 bits per heavy atom. The van der Waals surface area contributed by atoms with Crippen LogP contribution in [0.1, 0.15) is 18.2 Å². The summed E-state index contributed by atoms with van der Waals surface area (Å²) in [6, 6.07) is 9.52. The number of ether oxygens (including phenoxy) is 1. The van der Waals surface area contributed by atoms with Gasteiger partial charge >= 0.3 is 0 Å². The standard InChI is InChI=1S/C20H29N5O4S.HI/c1-16-5-4-6-19(13-16)29-17(2)14-22-20(21-3)24-8-10-25(11-9-24)30(26,27)15-18-7-12-28-23-18;/h4-7,12-13,17H,8-11,14-15H2,1-3H3,(H,21,22);1H. The molecule has 0 saturated carbocycles. The van der Waals surface area contributed by atoms with Crippen molar-refractivity contribution >= 4 is 40.0 Å². The number of hydrogen-bond acceptors (Lipinski definition) is 6. The predicted octanol–water partition coefficient (Wildman–Crippen LogP) is 2.09. The zero-order valence-corrected chi connectivity index (χ0v) is 21.2. The van der Waals surface area contributed by atoms with Crippen LogP contribution in [0.5, 0.6) is 5.75 Å². The molecule has 0 bridgehead atoms. The summed E-state index contributed by atoms with van der Waals surface area (Å²) >= 11 is 0. The van der Waals surface area contributed by atoms with Crippen molar-refractivity contribution in [1.29, 1.82) is 0 Å². The summed E-state index contributed by atoms with van der Waals surface area (Å²) in [4.78, 5) is 6.40. The van der Waals surface area contributed by atoms with Crippen LogP contribution in [0.4, 0.5) is 0 Å². The molecule has 172 valence electrons. The highest BCUT2D eigenvalue weighted by Gasteiger charge is 2.29. The van der Waals surface area contributed by atoms with Crippen molar-refractivity contribution in [3.63, 3.8) is 0 Å². The van der Waals surface area contributed by atoms with Crippen LogP contribution in [0.3, 0.4) is 0 Å². The molecule has 9 nitrogen and oxygen atoms in total. The molecule has 1 aliphatic rings. The highest BCUT2D eigenvalue weighted by atomic mass is 127. The Morgan fingerprint density at radius 2 is 2.03 bits per heavy atom. The maximum atomic E-state index is 12.6. The Bertz CT molecular complexity index is 944. The summed E-state index contributed by atoms with van der Waals surface area (Å²) < 4.78 is 37.3. The fourth-order valence-electron chi connectivity index (χ4n) is 3.30. The van der Waals surface area contributed by atoms with Gasteiger partial charge in [0.25, 0.3) is 0 Å². The van der Waals surface area contributed by atoms with Gasteiger partial charge in [0.2, 0.25) is 10.0 Å². The molecule has 2 aromatic rings. The molecule has 1 saturated heterocycles. The third-order valence-electron chi connectivity index (χ3n) is 4.84. The number of guanidine groups is 1. The van der Waals surface area contributed by atoms with Crippen molar-refractivity contribution in [3.8, 4) is 5.75 Å². The van der Waals surface area contributed by atoms with Gasteiger partial charge in [-0.2, -0.15) is 4.31 Å². The molecule has 0 radical (unpaired) electrons. The first kappa shape index (κ1) is 25.4. The first-order valence-electron chi connectivity index (χ1n) is 9.93. The van der Waals surface area contributed by atoms with Gasteiger partial charge in [-0.3, -0.25) is 4.99 Å². The zero-order valence-electron chi connectivity index (χ0n) is 18.0. The SMILES string of the molecule is CN=C(NCC(C)Oc1cccc(C)c1)N1CCN(S(=O)(=O)Cc2ccon2)CC1.I. The second-order valence-corrected chi connectivity index (χ2v) is 9.28. The van der Waals surface area contributed by atoms with Crippen molar-refractivity contribution in [1.82, 2.24) is 19.7 Å². The van der Waals surface area contributed by atoms with E-state index in [-0.39, 0.29) is 35.8 Å². The van der Waals surface area contributed by atoms with Gasteiger partial charge < -0.3 is 19.5 Å². The van der Waals surface area contributed by atoms with E-state index >= 15 is 0 Å². The summed E-state index contributed by atoms with van der Waals surface area (Å²) in [7, 11) is -1.70. The van der Waals surface area contributed by atoms with Crippen molar-refractivity contribution in [2.45, 2.75) is 25.7 Å². The fraction of sp³-hybridized carbons (Fsp3) is 0.500. The Kier molecular flexibility index (Phi) is 9.56. The lowest BCUT2D eigenvalue weighted by molar-refractivity contribution is 0.218. The topological polar surface area (TPSA) is 100 Å². The normalized spacial score (nSPS) is 16.5. The lowest BCUT2D eigenvalue weighted by atomic mass is 10.2. The van der Waals surface area contributed by atoms with Gasteiger partial charge in [-0.15, -0.1) is 24.0 Å². The van der Waals surface area contributed by atoms with Crippen molar-refractivity contribution in [2.24, 2.45) is 4.99 Å². The van der Waals surface area contributed by atoms with Crippen molar-refractivity contribution < 1.29 is 17.7 Å². The molecule has 3 rings (SSSR count). The third-order valence-corrected chi connectivity index (χ3v) is 6.65. The number of hydrogen-bond donors (Lipinski definition) is 1. The summed E-state index contributed by atoms with van der Waals surface area (Å²) in [5.41, 5.74) is 1.57. The minimum Gasteiger partial charge on any atom is -0.489 e. The number of aryl methyl sites for hydroxylation is 1. The first-order valence-corrected chi connectivity index (χ1v) is 11.5. The molecule has 31 heavy (non-hydrogen) atoms. The van der Waals surface area contributed by atoms with E-state index in [0.29, 0.717) is 38.4 Å². The van der Waals surface area contributed by atoms with E-state index in [1.165, 1.54) is 10.6 Å². The lowest BCUT2D eigenvalue weighted by Crippen LogP contribution is -2.54. The molecule has 2 heterocycles. The Hall–Kier alpha value is -1.86. The molecule has 0 aliphatic carbocycles. The van der Waals surface area contributed by atoms with Crippen LogP contribution >= 0.6 is 24.0 Å². The minimum atomic E-state index is -3.42. The summed E-state index contributed by atoms with van der Waals surface area (Å²) in [5.74, 6) is 1.43. The molecule has 1 unspecified atom stereocenters. The van der Waals surface area contributed by atoms with Crippen molar-refractivity contribution in [2.75, 3.05) is 39.8 Å². The van der Waals surface area contributed by atoms with Crippen LogP contribution < -0.4 is 10.1 Å². The van der Waals surface area contributed by atoms with E-state index in [1.807, 2.05) is 38.1 Å². The molecule has 1 aromatic heterocycles. The van der Waals surface area contributed by atoms with Gasteiger partial charge in [0.1, 0.15) is 23.9 Å². The predicted molar refractivity (Wildman–Crippen MR) is 130 cm³/mol. The van der Waals surface area contributed by atoms with E-state index in [9.17, 15) is 8.42 Å². The van der Waals surface area contributed by atoms with Crippen LogP contribution in [0.2, 0.25) is 0 Å². The highest BCUT2D eigenvalue weighted by molar-refractivity contribution is 14.0. The number of benzene rings is 1. The average molecular weight is 563 g/mol. The van der Waals surface area contributed by atoms with Crippen LogP contribution in [0.25, 0.3) is 0 Å². The van der Waals surface area contributed by atoms with E-state index in [1.54, 1.807) is 13.1 Å². The monoisotopic (exact) mass is 563 g/mol. The number of piperazine rings is 1. The third kappa shape index (κ3) is 7.35. The summed E-state index contributed by atoms with van der Waals surface area (Å²) in [5, 5.41) is 7.02. The highest BCUT2D eigenvalue weighted by Crippen LogP contribution is 2.15. The number of aliphatic imine (C=N–C) groups is 1. The second-order valence-electron chi connectivity index (χ2n) is 7.31. The Morgan fingerprint density at radius 1 is 1.29 bits per heavy atom. The van der Waals surface area contributed by atoms with Gasteiger partial charge in [0.05, 0.1) is 12.2 Å². The van der Waals surface area contributed by atoms with E-state index < -0.39 is 10.0 Å². The molecule has 1 aromatic carbocycles. The molecule has 1 N–H and O–H groups in total. The van der Waals surface area contributed by atoms with Gasteiger partial charge in [-0.25, -0.2) is 8.42 Å². The number of sulfonamides is 1. The van der Waals surface area contributed by atoms with Crippen LogP contribution in [-0.2, 0) is 15.8 Å². The molecular weight excluding hydrogens is 533 g/mol. The minimum absolute atomic E-state index is 0. The van der Waals surface area contributed by atoms with Crippen LogP contribution in [0.15, 0.2) is 46.1 Å². The lowest BCUT2D eigenvalue weighted by Gasteiger charge is -2.36. The van der Waals surface area contributed by atoms with Gasteiger partial charge in [-0.1, -0.05) is 17.3 Å². The van der Waals surface area contributed by atoms with E-state index in [2.05, 4.69) is 20.4 Å². The average Bonchev–Trinajstić information content (AvgIpc) is 3.21. The quantitative estimate of drug-likeness (QED) is 0.313. The molecule has 1 fully saturated rings. The molecule has 11 heteroatoms. The number of nitrogens with zero attached hydrogens (tertiary/aromatic N) is 4. The maximum absolute atomic E-state index is 12.6. The Labute approximate surface area is 200 Å². The number of rotatable bonds is 7. The van der Waals surface area contributed by atoms with Crippen LogP contribution in [-0.4, -0.2) is 74.6 Å². The largest absolute Gasteiger partial charge is 0.489 e. The molecule has 1 atom stereocenters. The zero-order chi connectivity index (χ0) is 21.6. The van der Waals surface area contributed by atoms with E-state index in [4.69, 9.17) is 9.26 Å². The molecule has 0 amide bonds. The van der Waals surface area contributed by atoms with Gasteiger partial charge in [0.15, 0.2) is 5.96 Å². The second kappa shape index (κ2) is 11.7. The Balaban J connectivity index is 0.00000341. The van der Waals surface area contributed by atoms with Gasteiger partial charge in [0, 0.05) is 39.3 Å². The number of aromatic nitrogens is 1. The summed E-state index contributed by atoms with van der Waals surface area (Å²) in [6.07, 6.45) is 1.33.